The van der Waals surface area contributed by atoms with Crippen molar-refractivity contribution in [2.45, 2.75) is 38.0 Å². The summed E-state index contributed by atoms with van der Waals surface area (Å²) in [5, 5.41) is 1.03. The molecule has 2 amide bonds. The maximum Gasteiger partial charge on any atom is 0.303 e. The molecule has 3 aromatic rings. The fourth-order valence-electron chi connectivity index (χ4n) is 5.77. The van der Waals surface area contributed by atoms with E-state index >= 15 is 0 Å². The molecule has 0 saturated heterocycles. The van der Waals surface area contributed by atoms with Crippen LogP contribution >= 0.6 is 0 Å². The number of hydrogen-bond donors (Lipinski definition) is 1. The minimum absolute atomic E-state index is 0.0467. The van der Waals surface area contributed by atoms with Crippen LogP contribution in [0.15, 0.2) is 42.5 Å². The molecule has 1 saturated carbocycles. The van der Waals surface area contributed by atoms with Gasteiger partial charge in [0, 0.05) is 56.3 Å². The van der Waals surface area contributed by atoms with Gasteiger partial charge >= 0.3 is 10.2 Å². The highest BCUT2D eigenvalue weighted by atomic mass is 32.2. The van der Waals surface area contributed by atoms with Crippen LogP contribution in [0.25, 0.3) is 22.2 Å². The lowest BCUT2D eigenvalue weighted by Crippen LogP contribution is -2.43. The van der Waals surface area contributed by atoms with E-state index in [2.05, 4.69) is 9.29 Å². The lowest BCUT2D eigenvalue weighted by atomic mass is 9.81. The quantitative estimate of drug-likeness (QED) is 0.469. The molecular weight excluding hydrogens is 544 g/mol. The van der Waals surface area contributed by atoms with Crippen molar-refractivity contribution in [3.8, 4) is 17.0 Å². The topological polar surface area (TPSA) is 110 Å². The third-order valence-electron chi connectivity index (χ3n) is 8.19. The number of aromatic nitrogens is 1. The number of hydrogen-bond acceptors (Lipinski definition) is 6. The Balaban J connectivity index is 1.65. The molecular formula is C30H38N4O6S. The number of carbonyl (C=O) groups excluding carboxylic acids is 2. The molecule has 220 valence electrons. The molecule has 1 aliphatic heterocycles. The number of carbonyl (C=O) groups is 2. The zero-order valence-corrected chi connectivity index (χ0v) is 24.7. The largest absolute Gasteiger partial charge is 0.483 e. The van der Waals surface area contributed by atoms with Crippen LogP contribution in [-0.2, 0) is 26.8 Å². The number of likely N-dealkylation sites (N-methyl/N-ethyl adjacent to an activating group) is 2. The van der Waals surface area contributed by atoms with E-state index in [-0.39, 0.29) is 37.8 Å². The molecule has 0 unspecified atom stereocenters. The molecule has 2 aliphatic rings. The highest BCUT2D eigenvalue weighted by molar-refractivity contribution is 7.87. The first-order chi connectivity index (χ1) is 19.7. The van der Waals surface area contributed by atoms with Crippen LogP contribution in [-0.4, -0.2) is 81.0 Å². The molecule has 10 nitrogen and oxygen atoms in total. The van der Waals surface area contributed by atoms with Gasteiger partial charge in [0.1, 0.15) is 5.75 Å². The summed E-state index contributed by atoms with van der Waals surface area (Å²) in [5.74, 6) is 0.0582. The molecule has 11 heteroatoms. The Morgan fingerprint density at radius 2 is 1.66 bits per heavy atom. The summed E-state index contributed by atoms with van der Waals surface area (Å²) >= 11 is 0. The number of benzene rings is 2. The third kappa shape index (κ3) is 6.12. The summed E-state index contributed by atoms with van der Waals surface area (Å²) in [6.45, 7) is 0.593. The molecule has 1 aromatic heterocycles. The van der Waals surface area contributed by atoms with Crippen LogP contribution < -0.4 is 9.46 Å². The second-order valence-electron chi connectivity index (χ2n) is 10.9. The number of ether oxygens (including phenoxy) is 2. The lowest BCUT2D eigenvalue weighted by Gasteiger charge is -2.24. The van der Waals surface area contributed by atoms with E-state index in [0.29, 0.717) is 18.2 Å². The number of aryl methyl sites for hydroxylation is 1. The standard InChI is InChI=1S/C30H38N4O6S/c1-32-15-17-39-18-16-33(2)41(37,38)31-30(36)22-13-14-23-25(19-22)34(3)29(28(23)21-9-5-4-6-10-21)24-11-7-8-12-26(24)40-20-27(32)35/h7-8,11-14,19,21H,4-6,9-10,15-18,20H2,1-3H3,(H,31,36). The van der Waals surface area contributed by atoms with Crippen molar-refractivity contribution in [3.05, 3.63) is 53.6 Å². The van der Waals surface area contributed by atoms with Crippen molar-refractivity contribution in [3.63, 3.8) is 0 Å². The highest BCUT2D eigenvalue weighted by Crippen LogP contribution is 2.45. The van der Waals surface area contributed by atoms with Crippen LogP contribution in [0.5, 0.6) is 5.75 Å². The van der Waals surface area contributed by atoms with E-state index < -0.39 is 16.1 Å². The third-order valence-corrected chi connectivity index (χ3v) is 9.63. The molecule has 3 bridgehead atoms. The Hall–Kier alpha value is -3.41. The first-order valence-corrected chi connectivity index (χ1v) is 15.6. The van der Waals surface area contributed by atoms with Gasteiger partial charge in [0.05, 0.1) is 18.9 Å². The number of para-hydroxylation sites is 1. The summed E-state index contributed by atoms with van der Waals surface area (Å²) in [7, 11) is 0.944. The van der Waals surface area contributed by atoms with Crippen LogP contribution in [0.2, 0.25) is 0 Å². The second-order valence-corrected chi connectivity index (χ2v) is 12.6. The predicted octanol–water partition coefficient (Wildman–Crippen LogP) is 3.67. The Morgan fingerprint density at radius 3 is 2.44 bits per heavy atom. The number of fused-ring (bicyclic) bond motifs is 4. The SMILES string of the molecule is CN1CCOCCN(C)S(=O)(=O)NC(=O)c2ccc3c(C4CCCCC4)c(n(C)c3c2)-c2ccccc2OCC1=O. The average Bonchev–Trinajstić information content (AvgIpc) is 3.26. The van der Waals surface area contributed by atoms with Gasteiger partial charge in [0.2, 0.25) is 0 Å². The van der Waals surface area contributed by atoms with Crippen LogP contribution in [0, 0.1) is 0 Å². The van der Waals surface area contributed by atoms with Crippen LogP contribution in [0.3, 0.4) is 0 Å². The zero-order chi connectivity index (χ0) is 29.1. The van der Waals surface area contributed by atoms with Gasteiger partial charge in [-0.15, -0.1) is 0 Å². The minimum Gasteiger partial charge on any atom is -0.483 e. The van der Waals surface area contributed by atoms with Crippen molar-refractivity contribution < 1.29 is 27.5 Å². The van der Waals surface area contributed by atoms with Gasteiger partial charge in [-0.3, -0.25) is 9.59 Å². The van der Waals surface area contributed by atoms with E-state index in [9.17, 15) is 18.0 Å². The number of rotatable bonds is 1. The van der Waals surface area contributed by atoms with Gasteiger partial charge in [0.25, 0.3) is 11.8 Å². The monoisotopic (exact) mass is 582 g/mol. The summed E-state index contributed by atoms with van der Waals surface area (Å²) in [5.41, 5.74) is 4.13. The van der Waals surface area contributed by atoms with Gasteiger partial charge in [-0.25, -0.2) is 4.72 Å². The average molecular weight is 583 g/mol. The Labute approximate surface area is 241 Å². The van der Waals surface area contributed by atoms with Crippen molar-refractivity contribution in [1.29, 1.82) is 0 Å². The van der Waals surface area contributed by atoms with Crippen LogP contribution in [0.1, 0.15) is 53.9 Å². The molecule has 41 heavy (non-hydrogen) atoms. The Morgan fingerprint density at radius 1 is 0.927 bits per heavy atom. The Bertz CT molecular complexity index is 1540. The van der Waals surface area contributed by atoms with Crippen molar-refractivity contribution >= 4 is 32.9 Å². The number of nitrogens with zero attached hydrogens (tertiary/aromatic N) is 3. The molecule has 0 atom stereocenters. The van der Waals surface area contributed by atoms with E-state index in [4.69, 9.17) is 9.47 Å². The normalized spacial score (nSPS) is 20.1. The molecule has 2 aromatic carbocycles. The van der Waals surface area contributed by atoms with Gasteiger partial charge in [0.15, 0.2) is 6.61 Å². The molecule has 5 rings (SSSR count). The molecule has 1 aliphatic carbocycles. The molecule has 0 radical (unpaired) electrons. The first-order valence-electron chi connectivity index (χ1n) is 14.1. The summed E-state index contributed by atoms with van der Waals surface area (Å²) in [4.78, 5) is 27.6. The smallest absolute Gasteiger partial charge is 0.303 e. The lowest BCUT2D eigenvalue weighted by molar-refractivity contribution is -0.132. The van der Waals surface area contributed by atoms with Gasteiger partial charge in [-0.2, -0.15) is 12.7 Å². The fraction of sp³-hybridized carbons (Fsp3) is 0.467. The first kappa shape index (κ1) is 29.1. The van der Waals surface area contributed by atoms with Gasteiger partial charge < -0.3 is 18.9 Å². The maximum atomic E-state index is 13.2. The predicted molar refractivity (Wildman–Crippen MR) is 157 cm³/mol. The summed E-state index contributed by atoms with van der Waals surface area (Å²) in [6.07, 6.45) is 5.63. The van der Waals surface area contributed by atoms with Gasteiger partial charge in [-0.05, 0) is 48.6 Å². The minimum atomic E-state index is -4.08. The molecule has 0 spiro atoms. The number of amides is 2. The van der Waals surface area contributed by atoms with E-state index in [1.54, 1.807) is 19.2 Å². The van der Waals surface area contributed by atoms with E-state index in [1.165, 1.54) is 23.9 Å². The second kappa shape index (κ2) is 12.2. The van der Waals surface area contributed by atoms with Crippen LogP contribution in [0.4, 0.5) is 0 Å². The Kier molecular flexibility index (Phi) is 8.67. The maximum absolute atomic E-state index is 13.2. The summed E-state index contributed by atoms with van der Waals surface area (Å²) in [6, 6.07) is 13.1. The fourth-order valence-corrected chi connectivity index (χ4v) is 6.59. The number of nitrogens with one attached hydrogen (secondary N) is 1. The van der Waals surface area contributed by atoms with E-state index in [1.807, 2.05) is 37.4 Å². The molecule has 1 N–H and O–H groups in total. The van der Waals surface area contributed by atoms with E-state index in [0.717, 1.165) is 52.1 Å². The van der Waals surface area contributed by atoms with Gasteiger partial charge in [-0.1, -0.05) is 37.5 Å². The zero-order valence-electron chi connectivity index (χ0n) is 23.9. The van der Waals surface area contributed by atoms with Crippen molar-refractivity contribution in [2.75, 3.05) is 47.0 Å². The molecule has 2 heterocycles. The van der Waals surface area contributed by atoms with Crippen molar-refractivity contribution in [2.24, 2.45) is 7.05 Å². The molecule has 1 fully saturated rings. The summed E-state index contributed by atoms with van der Waals surface area (Å²) < 4.78 is 42.7. The van der Waals surface area contributed by atoms with Crippen molar-refractivity contribution in [1.82, 2.24) is 18.5 Å². The highest BCUT2D eigenvalue weighted by Gasteiger charge is 2.28.